The molecule has 10 heteroatoms. The van der Waals surface area contributed by atoms with Crippen molar-refractivity contribution in [3.63, 3.8) is 0 Å². The maximum absolute atomic E-state index is 13.4. The van der Waals surface area contributed by atoms with E-state index in [-0.39, 0.29) is 3.57 Å². The van der Waals surface area contributed by atoms with Crippen molar-refractivity contribution in [3.8, 4) is 0 Å². The van der Waals surface area contributed by atoms with E-state index in [1.807, 2.05) is 0 Å². The number of alkyl halides is 5. The lowest BCUT2D eigenvalue weighted by molar-refractivity contribution is -0.341. The first kappa shape index (κ1) is 19.6. The number of carbonyl (C=O) groups is 2. The third kappa shape index (κ3) is 4.09. The van der Waals surface area contributed by atoms with Crippen molar-refractivity contribution in [3.05, 3.63) is 32.9 Å². The summed E-state index contributed by atoms with van der Waals surface area (Å²) in [6.45, 7) is 1.11. The van der Waals surface area contributed by atoms with Crippen molar-refractivity contribution in [2.45, 2.75) is 31.5 Å². The molecule has 0 saturated carbocycles. The Morgan fingerprint density at radius 3 is 2.09 bits per heavy atom. The van der Waals surface area contributed by atoms with Crippen LogP contribution in [0.25, 0.3) is 0 Å². The van der Waals surface area contributed by atoms with E-state index in [0.29, 0.717) is 19.9 Å². The van der Waals surface area contributed by atoms with E-state index in [1.54, 1.807) is 22.6 Å². The fraction of sp³-hybridized carbons (Fsp3) is 0.385. The number of carboxylic acids is 1. The van der Waals surface area contributed by atoms with Crippen molar-refractivity contribution in [2.24, 2.45) is 0 Å². The Bertz CT molecular complexity index is 640. The van der Waals surface area contributed by atoms with Crippen LogP contribution in [0.5, 0.6) is 0 Å². The van der Waals surface area contributed by atoms with Crippen LogP contribution >= 0.6 is 22.6 Å². The summed E-state index contributed by atoms with van der Waals surface area (Å²) in [5.74, 6) is -9.13. The summed E-state index contributed by atoms with van der Waals surface area (Å²) in [7, 11) is 0. The number of benzene rings is 1. The van der Waals surface area contributed by atoms with Crippen molar-refractivity contribution >= 4 is 34.5 Å². The van der Waals surface area contributed by atoms with E-state index in [9.17, 15) is 36.6 Å². The summed E-state index contributed by atoms with van der Waals surface area (Å²) >= 11 is 1.58. The molecule has 0 unspecified atom stereocenters. The van der Waals surface area contributed by atoms with Crippen LogP contribution < -0.4 is 5.11 Å². The van der Waals surface area contributed by atoms with Crippen LogP contribution in [-0.2, 0) is 15.7 Å². The van der Waals surface area contributed by atoms with Gasteiger partial charge in [0, 0.05) is 3.57 Å². The molecular weight excluding hydrogens is 442 g/mol. The standard InChI is InChI=1S/C13H10F5IO4/c1-11(2,12(14,15)10(21)22)23-9(20)7-4-3-6(19)5-8(7)13(16,17)18/h3-5H,1-2H3,(H,21,22)/p-1. The number of rotatable bonds is 4. The van der Waals surface area contributed by atoms with Crippen LogP contribution in [0.4, 0.5) is 22.0 Å². The molecule has 1 aromatic carbocycles. The van der Waals surface area contributed by atoms with Gasteiger partial charge in [-0.15, -0.1) is 0 Å². The summed E-state index contributed by atoms with van der Waals surface area (Å²) in [6, 6.07) is 2.55. The molecule has 23 heavy (non-hydrogen) atoms. The number of carboxylic acid groups (broad SMARTS) is 1. The molecule has 0 fully saturated rings. The molecule has 0 bridgehead atoms. The highest BCUT2D eigenvalue weighted by atomic mass is 127. The number of aliphatic carboxylic acids is 1. The van der Waals surface area contributed by atoms with Crippen LogP contribution in [0.3, 0.4) is 0 Å². The number of ether oxygens (including phenoxy) is 1. The molecule has 0 amide bonds. The maximum Gasteiger partial charge on any atom is 0.417 e. The lowest BCUT2D eigenvalue weighted by atomic mass is 10.00. The van der Waals surface area contributed by atoms with E-state index in [1.165, 1.54) is 0 Å². The van der Waals surface area contributed by atoms with E-state index < -0.39 is 40.8 Å². The Balaban J connectivity index is 3.25. The summed E-state index contributed by atoms with van der Waals surface area (Å²) in [5, 5.41) is 10.4. The zero-order chi connectivity index (χ0) is 18.2. The molecule has 0 N–H and O–H groups in total. The minimum atomic E-state index is -4.92. The van der Waals surface area contributed by atoms with E-state index in [2.05, 4.69) is 4.74 Å². The van der Waals surface area contributed by atoms with E-state index in [0.717, 1.165) is 12.1 Å². The maximum atomic E-state index is 13.4. The lowest BCUT2D eigenvalue weighted by Crippen LogP contribution is -2.57. The predicted molar refractivity (Wildman–Crippen MR) is 73.6 cm³/mol. The molecule has 0 aliphatic carbocycles. The van der Waals surface area contributed by atoms with Gasteiger partial charge in [0.25, 0.3) is 0 Å². The van der Waals surface area contributed by atoms with Crippen LogP contribution in [0.2, 0.25) is 0 Å². The SMILES string of the molecule is CC(C)(OC(=O)c1ccc(I)cc1C(F)(F)F)C(F)(F)C(=O)[O-]. The van der Waals surface area contributed by atoms with Crippen molar-refractivity contribution in [1.82, 2.24) is 0 Å². The zero-order valence-electron chi connectivity index (χ0n) is 11.6. The Kier molecular flexibility index (Phi) is 5.29. The Morgan fingerprint density at radius 2 is 1.65 bits per heavy atom. The molecular formula is C13H9F5IO4-. The minimum Gasteiger partial charge on any atom is -0.544 e. The molecule has 0 aliphatic rings. The van der Waals surface area contributed by atoms with Gasteiger partial charge < -0.3 is 14.6 Å². The predicted octanol–water partition coefficient (Wildman–Crippen LogP) is 2.63. The van der Waals surface area contributed by atoms with Gasteiger partial charge in [-0.3, -0.25) is 0 Å². The molecule has 0 aromatic heterocycles. The Morgan fingerprint density at radius 1 is 1.13 bits per heavy atom. The quantitative estimate of drug-likeness (QED) is 0.401. The van der Waals surface area contributed by atoms with Crippen LogP contribution in [-0.4, -0.2) is 23.5 Å². The first-order valence-electron chi connectivity index (χ1n) is 5.89. The van der Waals surface area contributed by atoms with Crippen LogP contribution in [0.15, 0.2) is 18.2 Å². The second-order valence-electron chi connectivity index (χ2n) is 4.95. The Labute approximate surface area is 140 Å². The normalized spacial score (nSPS) is 12.9. The fourth-order valence-corrected chi connectivity index (χ4v) is 2.02. The van der Waals surface area contributed by atoms with Crippen molar-refractivity contribution in [2.75, 3.05) is 0 Å². The topological polar surface area (TPSA) is 66.4 Å². The van der Waals surface area contributed by atoms with Crippen molar-refractivity contribution in [1.29, 1.82) is 0 Å². The van der Waals surface area contributed by atoms with E-state index in [4.69, 9.17) is 0 Å². The molecule has 0 heterocycles. The van der Waals surface area contributed by atoms with Gasteiger partial charge in [0.1, 0.15) is 5.97 Å². The van der Waals surface area contributed by atoms with Crippen LogP contribution in [0.1, 0.15) is 29.8 Å². The smallest absolute Gasteiger partial charge is 0.417 e. The number of hydrogen-bond acceptors (Lipinski definition) is 4. The first-order chi connectivity index (χ1) is 10.2. The lowest BCUT2D eigenvalue weighted by Gasteiger charge is -2.34. The molecule has 4 nitrogen and oxygen atoms in total. The summed E-state index contributed by atoms with van der Waals surface area (Å²) in [5.41, 5.74) is -5.28. The van der Waals surface area contributed by atoms with Crippen molar-refractivity contribution < 1.29 is 41.4 Å². The molecule has 1 rings (SSSR count). The molecule has 0 spiro atoms. The van der Waals surface area contributed by atoms with Gasteiger partial charge >= 0.3 is 18.1 Å². The second kappa shape index (κ2) is 6.21. The summed E-state index contributed by atoms with van der Waals surface area (Å²) in [6.07, 6.45) is -4.92. The van der Waals surface area contributed by atoms with Gasteiger partial charge in [-0.2, -0.15) is 22.0 Å². The fourth-order valence-electron chi connectivity index (χ4n) is 1.53. The average molecular weight is 451 g/mol. The monoisotopic (exact) mass is 451 g/mol. The van der Waals surface area contributed by atoms with Gasteiger partial charge in [0.15, 0.2) is 5.60 Å². The number of halogens is 6. The molecule has 0 atom stereocenters. The molecule has 0 saturated heterocycles. The minimum absolute atomic E-state index is 0.158. The van der Waals surface area contributed by atoms with Gasteiger partial charge in [-0.1, -0.05) is 0 Å². The largest absolute Gasteiger partial charge is 0.544 e. The summed E-state index contributed by atoms with van der Waals surface area (Å²) in [4.78, 5) is 22.3. The number of carbonyl (C=O) groups excluding carboxylic acids is 2. The third-order valence-electron chi connectivity index (χ3n) is 2.87. The molecule has 0 aliphatic heterocycles. The van der Waals surface area contributed by atoms with E-state index >= 15 is 0 Å². The van der Waals surface area contributed by atoms with Gasteiger partial charge in [0.2, 0.25) is 0 Å². The Hall–Kier alpha value is -1.46. The van der Waals surface area contributed by atoms with Gasteiger partial charge in [0.05, 0.1) is 11.1 Å². The average Bonchev–Trinajstić information content (AvgIpc) is 2.36. The van der Waals surface area contributed by atoms with Crippen LogP contribution in [0, 0.1) is 3.57 Å². The highest BCUT2D eigenvalue weighted by molar-refractivity contribution is 14.1. The summed E-state index contributed by atoms with van der Waals surface area (Å²) < 4.78 is 70.1. The highest BCUT2D eigenvalue weighted by Crippen LogP contribution is 2.36. The highest BCUT2D eigenvalue weighted by Gasteiger charge is 2.52. The third-order valence-corrected chi connectivity index (χ3v) is 3.54. The second-order valence-corrected chi connectivity index (χ2v) is 6.19. The first-order valence-corrected chi connectivity index (χ1v) is 6.97. The zero-order valence-corrected chi connectivity index (χ0v) is 13.8. The van der Waals surface area contributed by atoms with Gasteiger partial charge in [-0.25, -0.2) is 4.79 Å². The molecule has 1 aromatic rings. The van der Waals surface area contributed by atoms with Gasteiger partial charge in [-0.05, 0) is 54.6 Å². The number of hydrogen-bond donors (Lipinski definition) is 0. The molecule has 0 radical (unpaired) electrons. The number of esters is 1. The molecule has 128 valence electrons.